The van der Waals surface area contributed by atoms with Gasteiger partial charge in [-0.3, -0.25) is 9.59 Å². The molecule has 1 atom stereocenters. The minimum absolute atomic E-state index is 0.0790. The fraction of sp³-hybridized carbons (Fsp3) is 0.278. The number of carbonyl (C=O) groups excluding carboxylic acids is 3. The lowest BCUT2D eigenvalue weighted by Crippen LogP contribution is -2.45. The maximum absolute atomic E-state index is 12.3. The number of ether oxygens (including phenoxy) is 1. The van der Waals surface area contributed by atoms with Crippen LogP contribution in [0.3, 0.4) is 0 Å². The summed E-state index contributed by atoms with van der Waals surface area (Å²) in [6, 6.07) is 6.50. The van der Waals surface area contributed by atoms with E-state index in [1.165, 1.54) is 30.5 Å². The van der Waals surface area contributed by atoms with Gasteiger partial charge in [0, 0.05) is 5.56 Å². The Hall–Kier alpha value is -2.31. The number of esters is 1. The van der Waals surface area contributed by atoms with Crippen molar-refractivity contribution in [2.75, 3.05) is 6.61 Å². The van der Waals surface area contributed by atoms with Crippen molar-refractivity contribution >= 4 is 40.9 Å². The molecule has 0 unspecified atom stereocenters. The molecule has 1 aromatic carbocycles. The third-order valence-electron chi connectivity index (χ3n) is 3.54. The number of halogens is 2. The van der Waals surface area contributed by atoms with Gasteiger partial charge in [0.05, 0.1) is 16.3 Å². The van der Waals surface area contributed by atoms with E-state index < -0.39 is 30.3 Å². The van der Waals surface area contributed by atoms with Crippen LogP contribution in [0.2, 0.25) is 10.0 Å². The SMILES string of the molecule is CC(C)[C@H](NC(=O)c1ccco1)C(=O)OCC(=O)c1ccc(Cl)c(Cl)c1. The van der Waals surface area contributed by atoms with Gasteiger partial charge in [0.25, 0.3) is 5.91 Å². The number of benzene rings is 1. The summed E-state index contributed by atoms with van der Waals surface area (Å²) in [5, 5.41) is 3.09. The van der Waals surface area contributed by atoms with Crippen molar-refractivity contribution in [3.63, 3.8) is 0 Å². The number of hydrogen-bond acceptors (Lipinski definition) is 5. The van der Waals surface area contributed by atoms with Gasteiger partial charge in [0.1, 0.15) is 6.04 Å². The fourth-order valence-corrected chi connectivity index (χ4v) is 2.40. The van der Waals surface area contributed by atoms with Crippen LogP contribution in [0.5, 0.6) is 0 Å². The minimum atomic E-state index is -0.922. The summed E-state index contributed by atoms with van der Waals surface area (Å²) in [5.41, 5.74) is 0.271. The average Bonchev–Trinajstić information content (AvgIpc) is 3.13. The lowest BCUT2D eigenvalue weighted by Gasteiger charge is -2.20. The molecule has 138 valence electrons. The second-order valence-electron chi connectivity index (χ2n) is 5.83. The van der Waals surface area contributed by atoms with Crippen LogP contribution in [0, 0.1) is 5.92 Å². The zero-order chi connectivity index (χ0) is 19.3. The molecule has 0 aliphatic heterocycles. The summed E-state index contributed by atoms with van der Waals surface area (Å²) < 4.78 is 10.1. The lowest BCUT2D eigenvalue weighted by atomic mass is 10.0. The highest BCUT2D eigenvalue weighted by molar-refractivity contribution is 6.42. The smallest absolute Gasteiger partial charge is 0.329 e. The molecule has 0 radical (unpaired) electrons. The van der Waals surface area contributed by atoms with E-state index >= 15 is 0 Å². The Kier molecular flexibility index (Phi) is 6.83. The van der Waals surface area contributed by atoms with E-state index in [4.69, 9.17) is 32.4 Å². The summed E-state index contributed by atoms with van der Waals surface area (Å²) in [6.07, 6.45) is 1.35. The summed E-state index contributed by atoms with van der Waals surface area (Å²) in [7, 11) is 0. The molecule has 1 aromatic heterocycles. The predicted molar refractivity (Wildman–Crippen MR) is 96.6 cm³/mol. The van der Waals surface area contributed by atoms with Crippen molar-refractivity contribution in [3.8, 4) is 0 Å². The molecule has 26 heavy (non-hydrogen) atoms. The number of ketones is 1. The van der Waals surface area contributed by atoms with E-state index in [1.54, 1.807) is 19.9 Å². The van der Waals surface area contributed by atoms with Crippen LogP contribution >= 0.6 is 23.2 Å². The van der Waals surface area contributed by atoms with Crippen molar-refractivity contribution in [2.45, 2.75) is 19.9 Å². The van der Waals surface area contributed by atoms with Crippen molar-refractivity contribution in [3.05, 3.63) is 58.0 Å². The van der Waals surface area contributed by atoms with Crippen LogP contribution in [0.15, 0.2) is 41.0 Å². The van der Waals surface area contributed by atoms with E-state index in [9.17, 15) is 14.4 Å². The first kappa shape index (κ1) is 20.0. The lowest BCUT2D eigenvalue weighted by molar-refractivity contribution is -0.145. The molecule has 0 bridgehead atoms. The summed E-state index contributed by atoms with van der Waals surface area (Å²) >= 11 is 11.7. The molecular formula is C18H17Cl2NO5. The van der Waals surface area contributed by atoms with Gasteiger partial charge in [-0.15, -0.1) is 0 Å². The van der Waals surface area contributed by atoms with Crippen molar-refractivity contribution in [1.82, 2.24) is 5.32 Å². The molecule has 1 amide bonds. The van der Waals surface area contributed by atoms with Gasteiger partial charge in [-0.2, -0.15) is 0 Å². The quantitative estimate of drug-likeness (QED) is 0.567. The molecule has 0 aliphatic carbocycles. The van der Waals surface area contributed by atoms with Gasteiger partial charge < -0.3 is 14.5 Å². The van der Waals surface area contributed by atoms with Gasteiger partial charge in [-0.1, -0.05) is 37.0 Å². The molecule has 0 aliphatic rings. The molecule has 1 heterocycles. The first-order valence-electron chi connectivity index (χ1n) is 7.79. The standard InChI is InChI=1S/C18H17Cl2NO5/c1-10(2)16(21-17(23)15-4-3-7-25-15)18(24)26-9-14(22)11-5-6-12(19)13(20)8-11/h3-8,10,16H,9H2,1-2H3,(H,21,23)/t16-/m0/s1. The third kappa shape index (κ3) is 5.09. The molecule has 8 heteroatoms. The zero-order valence-electron chi connectivity index (χ0n) is 14.1. The highest BCUT2D eigenvalue weighted by Gasteiger charge is 2.27. The summed E-state index contributed by atoms with van der Waals surface area (Å²) in [4.78, 5) is 36.5. The number of amides is 1. The van der Waals surface area contributed by atoms with Crippen molar-refractivity contribution in [2.24, 2.45) is 5.92 Å². The number of furan rings is 1. The van der Waals surface area contributed by atoms with Crippen LogP contribution in [0.25, 0.3) is 0 Å². The first-order valence-corrected chi connectivity index (χ1v) is 8.54. The minimum Gasteiger partial charge on any atom is -0.459 e. The second-order valence-corrected chi connectivity index (χ2v) is 6.65. The highest BCUT2D eigenvalue weighted by atomic mass is 35.5. The Morgan fingerprint density at radius 1 is 1.15 bits per heavy atom. The van der Waals surface area contributed by atoms with Crippen molar-refractivity contribution in [1.29, 1.82) is 0 Å². The van der Waals surface area contributed by atoms with Gasteiger partial charge in [0.2, 0.25) is 0 Å². The Labute approximate surface area is 160 Å². The Balaban J connectivity index is 1.97. The van der Waals surface area contributed by atoms with Crippen LogP contribution < -0.4 is 5.32 Å². The molecule has 6 nitrogen and oxygen atoms in total. The Morgan fingerprint density at radius 3 is 2.46 bits per heavy atom. The van der Waals surface area contributed by atoms with E-state index in [-0.39, 0.29) is 22.3 Å². The highest BCUT2D eigenvalue weighted by Crippen LogP contribution is 2.22. The Morgan fingerprint density at radius 2 is 1.88 bits per heavy atom. The summed E-state index contributed by atoms with van der Waals surface area (Å²) in [5.74, 6) is -1.86. The van der Waals surface area contributed by atoms with Gasteiger partial charge in [-0.25, -0.2) is 4.79 Å². The van der Waals surface area contributed by atoms with Crippen LogP contribution in [-0.2, 0) is 9.53 Å². The predicted octanol–water partition coefficient (Wildman–Crippen LogP) is 3.77. The monoisotopic (exact) mass is 397 g/mol. The van der Waals surface area contributed by atoms with Crippen LogP contribution in [-0.4, -0.2) is 30.3 Å². The van der Waals surface area contributed by atoms with Crippen LogP contribution in [0.1, 0.15) is 34.8 Å². The van der Waals surface area contributed by atoms with E-state index in [0.29, 0.717) is 5.02 Å². The molecule has 2 aromatic rings. The molecular weight excluding hydrogens is 381 g/mol. The average molecular weight is 398 g/mol. The summed E-state index contributed by atoms with van der Waals surface area (Å²) in [6.45, 7) is 3.01. The van der Waals surface area contributed by atoms with E-state index in [0.717, 1.165) is 0 Å². The topological polar surface area (TPSA) is 85.6 Å². The molecule has 0 saturated carbocycles. The molecule has 0 spiro atoms. The van der Waals surface area contributed by atoms with Gasteiger partial charge >= 0.3 is 5.97 Å². The number of Topliss-reactive ketones (excluding diaryl/α,β-unsaturated/α-hetero) is 1. The molecule has 0 fully saturated rings. The van der Waals surface area contributed by atoms with Gasteiger partial charge in [-0.05, 0) is 36.2 Å². The second kappa shape index (κ2) is 8.87. The molecule has 2 rings (SSSR count). The molecule has 0 saturated heterocycles. The van der Waals surface area contributed by atoms with E-state index in [2.05, 4.69) is 5.32 Å². The maximum Gasteiger partial charge on any atom is 0.329 e. The van der Waals surface area contributed by atoms with E-state index in [1.807, 2.05) is 0 Å². The third-order valence-corrected chi connectivity index (χ3v) is 4.28. The maximum atomic E-state index is 12.3. The van der Waals surface area contributed by atoms with Crippen LogP contribution in [0.4, 0.5) is 0 Å². The fourth-order valence-electron chi connectivity index (χ4n) is 2.10. The number of carbonyl (C=O) groups is 3. The van der Waals surface area contributed by atoms with Gasteiger partial charge in [0.15, 0.2) is 18.2 Å². The number of hydrogen-bond donors (Lipinski definition) is 1. The normalized spacial score (nSPS) is 11.9. The first-order chi connectivity index (χ1) is 12.3. The number of nitrogens with one attached hydrogen (secondary N) is 1. The Bertz CT molecular complexity index is 802. The number of rotatable bonds is 7. The molecule has 1 N–H and O–H groups in total. The zero-order valence-corrected chi connectivity index (χ0v) is 15.6. The van der Waals surface area contributed by atoms with Crippen molar-refractivity contribution < 1.29 is 23.5 Å². The largest absolute Gasteiger partial charge is 0.459 e.